The van der Waals surface area contributed by atoms with Crippen molar-refractivity contribution in [3.05, 3.63) is 59.0 Å². The summed E-state index contributed by atoms with van der Waals surface area (Å²) in [5, 5.41) is 5.22. The minimum Gasteiger partial charge on any atom is -0.349 e. The Morgan fingerprint density at radius 2 is 1.89 bits per heavy atom. The molecule has 0 unspecified atom stereocenters. The molecule has 2 heterocycles. The summed E-state index contributed by atoms with van der Waals surface area (Å²) >= 11 is 0. The number of carbonyl (C=O) groups is 3. The van der Waals surface area contributed by atoms with Gasteiger partial charge in [0.05, 0.1) is 0 Å². The average molecular weight is 366 g/mol. The summed E-state index contributed by atoms with van der Waals surface area (Å²) in [6, 6.07) is 10.2. The monoisotopic (exact) mass is 366 g/mol. The quantitative estimate of drug-likeness (QED) is 0.630. The van der Waals surface area contributed by atoms with E-state index in [9.17, 15) is 14.4 Å². The van der Waals surface area contributed by atoms with Gasteiger partial charge in [0.2, 0.25) is 5.91 Å². The first-order valence-electron chi connectivity index (χ1n) is 8.77. The van der Waals surface area contributed by atoms with Gasteiger partial charge >= 0.3 is 6.03 Å². The number of nitrogens with zero attached hydrogens (tertiary/aromatic N) is 2. The summed E-state index contributed by atoms with van der Waals surface area (Å²) in [7, 11) is 0. The highest BCUT2D eigenvalue weighted by Gasteiger charge is 2.35. The van der Waals surface area contributed by atoms with E-state index in [0.717, 1.165) is 28.4 Å². The van der Waals surface area contributed by atoms with Gasteiger partial charge in [-0.15, -0.1) is 0 Å². The molecular weight excluding hydrogens is 344 g/mol. The summed E-state index contributed by atoms with van der Waals surface area (Å²) in [6.45, 7) is 6.49. The maximum Gasteiger partial charge on any atom is 0.329 e. The van der Waals surface area contributed by atoms with Gasteiger partial charge < -0.3 is 15.2 Å². The van der Waals surface area contributed by atoms with Crippen molar-refractivity contribution in [2.45, 2.75) is 27.3 Å². The van der Waals surface area contributed by atoms with E-state index in [1.165, 1.54) is 0 Å². The number of hydrogen-bond donors (Lipinski definition) is 2. The molecule has 0 radical (unpaired) electrons. The molecule has 3 rings (SSSR count). The summed E-state index contributed by atoms with van der Waals surface area (Å²) in [6.07, 6.45) is 1.66. The fourth-order valence-electron chi connectivity index (χ4n) is 3.20. The van der Waals surface area contributed by atoms with Crippen LogP contribution in [0.25, 0.3) is 6.08 Å². The SMILES string of the molecule is CCn1c(C)cc(/C=C2/NC(=O)N(CC(=O)Nc3ccccc3)C2=O)c1C. The Morgan fingerprint density at radius 3 is 2.52 bits per heavy atom. The number of aromatic nitrogens is 1. The Balaban J connectivity index is 1.74. The zero-order valence-corrected chi connectivity index (χ0v) is 15.6. The lowest BCUT2D eigenvalue weighted by Gasteiger charge is -2.11. The van der Waals surface area contributed by atoms with Crippen molar-refractivity contribution in [3.8, 4) is 0 Å². The van der Waals surface area contributed by atoms with Crippen LogP contribution in [0.5, 0.6) is 0 Å². The topological polar surface area (TPSA) is 83.4 Å². The molecule has 1 fully saturated rings. The number of urea groups is 1. The van der Waals surface area contributed by atoms with E-state index in [1.54, 1.807) is 30.3 Å². The highest BCUT2D eigenvalue weighted by atomic mass is 16.2. The molecule has 0 spiro atoms. The lowest BCUT2D eigenvalue weighted by atomic mass is 10.2. The van der Waals surface area contributed by atoms with Crippen molar-refractivity contribution in [1.29, 1.82) is 0 Å². The molecule has 2 N–H and O–H groups in total. The van der Waals surface area contributed by atoms with Crippen LogP contribution in [0.2, 0.25) is 0 Å². The molecule has 2 aromatic rings. The smallest absolute Gasteiger partial charge is 0.329 e. The van der Waals surface area contributed by atoms with Crippen LogP contribution in [-0.4, -0.2) is 33.9 Å². The number of carbonyl (C=O) groups excluding carboxylic acids is 3. The van der Waals surface area contributed by atoms with Crippen LogP contribution in [0.15, 0.2) is 42.1 Å². The first kappa shape index (κ1) is 18.4. The highest BCUT2D eigenvalue weighted by molar-refractivity contribution is 6.16. The van der Waals surface area contributed by atoms with Crippen LogP contribution in [-0.2, 0) is 16.1 Å². The summed E-state index contributed by atoms with van der Waals surface area (Å²) in [5.74, 6) is -0.945. The third-order valence-corrected chi connectivity index (χ3v) is 4.55. The molecular formula is C20H22N4O3. The molecule has 7 heteroatoms. The van der Waals surface area contributed by atoms with E-state index in [0.29, 0.717) is 5.69 Å². The highest BCUT2D eigenvalue weighted by Crippen LogP contribution is 2.20. The van der Waals surface area contributed by atoms with Crippen molar-refractivity contribution in [3.63, 3.8) is 0 Å². The molecule has 0 aliphatic carbocycles. The molecule has 140 valence electrons. The molecule has 1 aliphatic heterocycles. The molecule has 1 saturated heterocycles. The van der Waals surface area contributed by atoms with Crippen LogP contribution < -0.4 is 10.6 Å². The molecule has 1 aromatic heterocycles. The summed E-state index contributed by atoms with van der Waals surface area (Å²) in [4.78, 5) is 37.8. The summed E-state index contributed by atoms with van der Waals surface area (Å²) < 4.78 is 2.12. The number of imide groups is 1. The Bertz CT molecular complexity index is 928. The fourth-order valence-corrected chi connectivity index (χ4v) is 3.20. The van der Waals surface area contributed by atoms with Crippen molar-refractivity contribution in [1.82, 2.24) is 14.8 Å². The van der Waals surface area contributed by atoms with Crippen molar-refractivity contribution < 1.29 is 14.4 Å². The van der Waals surface area contributed by atoms with Crippen molar-refractivity contribution in [2.75, 3.05) is 11.9 Å². The van der Waals surface area contributed by atoms with Crippen molar-refractivity contribution >= 4 is 29.6 Å². The third kappa shape index (κ3) is 3.76. The van der Waals surface area contributed by atoms with Crippen molar-refractivity contribution in [2.24, 2.45) is 0 Å². The van der Waals surface area contributed by atoms with Gasteiger partial charge in [-0.05, 0) is 50.6 Å². The number of anilines is 1. The van der Waals surface area contributed by atoms with Gasteiger partial charge in [0.15, 0.2) is 0 Å². The van der Waals surface area contributed by atoms with E-state index < -0.39 is 17.8 Å². The lowest BCUT2D eigenvalue weighted by Crippen LogP contribution is -2.38. The largest absolute Gasteiger partial charge is 0.349 e. The second-order valence-corrected chi connectivity index (χ2v) is 6.36. The molecule has 0 saturated carbocycles. The number of nitrogens with one attached hydrogen (secondary N) is 2. The molecule has 0 bridgehead atoms. The van der Waals surface area contributed by atoms with E-state index in [4.69, 9.17) is 0 Å². The second kappa shape index (κ2) is 7.49. The predicted molar refractivity (Wildman–Crippen MR) is 103 cm³/mol. The van der Waals surface area contributed by atoms with Crippen LogP contribution in [0.3, 0.4) is 0 Å². The van der Waals surface area contributed by atoms with Gasteiger partial charge in [-0.25, -0.2) is 9.69 Å². The Labute approximate surface area is 157 Å². The number of aryl methyl sites for hydroxylation is 1. The van der Waals surface area contributed by atoms with Gasteiger partial charge in [-0.1, -0.05) is 18.2 Å². The normalized spacial score (nSPS) is 15.4. The number of para-hydroxylation sites is 1. The standard InChI is InChI=1S/C20H22N4O3/c1-4-23-13(2)10-15(14(23)3)11-17-19(26)24(20(27)22-17)12-18(25)21-16-8-6-5-7-9-16/h5-11H,4,12H2,1-3H3,(H,21,25)(H,22,27)/b17-11+. The average Bonchev–Trinajstić information content (AvgIpc) is 3.05. The van der Waals surface area contributed by atoms with E-state index in [-0.39, 0.29) is 12.2 Å². The zero-order valence-electron chi connectivity index (χ0n) is 15.6. The minimum absolute atomic E-state index is 0.170. The Hall–Kier alpha value is -3.35. The van der Waals surface area contributed by atoms with E-state index in [2.05, 4.69) is 15.2 Å². The first-order chi connectivity index (χ1) is 12.9. The second-order valence-electron chi connectivity index (χ2n) is 6.36. The molecule has 1 aromatic carbocycles. The van der Waals surface area contributed by atoms with Gasteiger partial charge in [0, 0.05) is 23.6 Å². The van der Waals surface area contributed by atoms with Crippen LogP contribution in [0, 0.1) is 13.8 Å². The van der Waals surface area contributed by atoms with Gasteiger partial charge in [0.1, 0.15) is 12.2 Å². The summed E-state index contributed by atoms with van der Waals surface area (Å²) in [5.41, 5.74) is 3.75. The maximum atomic E-state index is 12.6. The maximum absolute atomic E-state index is 12.6. The van der Waals surface area contributed by atoms with Gasteiger partial charge in [-0.2, -0.15) is 0 Å². The number of benzene rings is 1. The Morgan fingerprint density at radius 1 is 1.19 bits per heavy atom. The minimum atomic E-state index is -0.598. The van der Waals surface area contributed by atoms with Gasteiger partial charge in [0.25, 0.3) is 5.91 Å². The predicted octanol–water partition coefficient (Wildman–Crippen LogP) is 2.66. The molecule has 1 aliphatic rings. The third-order valence-electron chi connectivity index (χ3n) is 4.55. The Kier molecular flexibility index (Phi) is 5.12. The lowest BCUT2D eigenvalue weighted by molar-refractivity contribution is -0.127. The molecule has 27 heavy (non-hydrogen) atoms. The van der Waals surface area contributed by atoms with E-state index >= 15 is 0 Å². The molecule has 0 atom stereocenters. The van der Waals surface area contributed by atoms with E-state index in [1.807, 2.05) is 32.9 Å². The number of amides is 4. The van der Waals surface area contributed by atoms with Gasteiger partial charge in [-0.3, -0.25) is 9.59 Å². The fraction of sp³-hybridized carbons (Fsp3) is 0.250. The zero-order chi connectivity index (χ0) is 19.6. The molecule has 7 nitrogen and oxygen atoms in total. The number of hydrogen-bond acceptors (Lipinski definition) is 3. The molecule has 4 amide bonds. The van der Waals surface area contributed by atoms with Crippen LogP contribution >= 0.6 is 0 Å². The number of rotatable bonds is 5. The van der Waals surface area contributed by atoms with Crippen LogP contribution in [0.1, 0.15) is 23.9 Å². The van der Waals surface area contributed by atoms with Crippen LogP contribution in [0.4, 0.5) is 10.5 Å². The first-order valence-corrected chi connectivity index (χ1v) is 8.77.